The molecule has 3 aromatic rings. The second-order valence-electron chi connectivity index (χ2n) is 8.33. The topological polar surface area (TPSA) is 67.8 Å². The molecule has 0 unspecified atom stereocenters. The van der Waals surface area contributed by atoms with Crippen molar-refractivity contribution in [1.82, 2.24) is 14.9 Å². The molecule has 0 N–H and O–H groups in total. The number of hydrogen-bond donors (Lipinski definition) is 0. The van der Waals surface area contributed by atoms with Crippen LogP contribution in [0.5, 0.6) is 11.5 Å². The van der Waals surface area contributed by atoms with Crippen molar-refractivity contribution < 1.29 is 14.3 Å². The molecule has 1 saturated heterocycles. The van der Waals surface area contributed by atoms with Gasteiger partial charge < -0.3 is 19.3 Å². The van der Waals surface area contributed by atoms with E-state index in [9.17, 15) is 4.79 Å². The first-order chi connectivity index (χ1) is 15.2. The Morgan fingerprint density at radius 3 is 2.71 bits per heavy atom. The summed E-state index contributed by atoms with van der Waals surface area (Å²) < 4.78 is 10.8. The molecule has 1 fully saturated rings. The first-order valence-corrected chi connectivity index (χ1v) is 11.7. The molecule has 6 rings (SSSR count). The maximum absolute atomic E-state index is 13.0. The zero-order valence-corrected chi connectivity index (χ0v) is 18.3. The van der Waals surface area contributed by atoms with Crippen LogP contribution in [0.4, 0.5) is 5.82 Å². The van der Waals surface area contributed by atoms with Crippen LogP contribution in [-0.2, 0) is 12.8 Å². The predicted octanol–water partition coefficient (Wildman–Crippen LogP) is 3.57. The number of piperazine rings is 1. The van der Waals surface area contributed by atoms with Crippen LogP contribution < -0.4 is 14.4 Å². The number of anilines is 1. The minimum atomic E-state index is 0.0369. The lowest BCUT2D eigenvalue weighted by molar-refractivity contribution is 0.0746. The number of hydrogen-bond acceptors (Lipinski definition) is 7. The lowest BCUT2D eigenvalue weighted by Crippen LogP contribution is -2.49. The fraction of sp³-hybridized carbons (Fsp3) is 0.435. The van der Waals surface area contributed by atoms with Gasteiger partial charge in [-0.3, -0.25) is 4.79 Å². The average molecular weight is 437 g/mol. The summed E-state index contributed by atoms with van der Waals surface area (Å²) in [6, 6.07) is 5.41. The smallest absolute Gasteiger partial charge is 0.254 e. The Balaban J connectivity index is 1.24. The highest BCUT2D eigenvalue weighted by Crippen LogP contribution is 2.40. The number of carbonyl (C=O) groups is 1. The molecule has 7 nitrogen and oxygen atoms in total. The van der Waals surface area contributed by atoms with Crippen LogP contribution in [0.2, 0.25) is 0 Å². The van der Waals surface area contributed by atoms with Crippen LogP contribution >= 0.6 is 11.3 Å². The molecule has 2 aromatic heterocycles. The molecule has 3 aliphatic rings. The van der Waals surface area contributed by atoms with Gasteiger partial charge in [-0.05, 0) is 56.4 Å². The molecule has 8 heteroatoms. The van der Waals surface area contributed by atoms with Gasteiger partial charge in [0, 0.05) is 36.6 Å². The summed E-state index contributed by atoms with van der Waals surface area (Å²) in [5.41, 5.74) is 2.10. The average Bonchev–Trinajstić information content (AvgIpc) is 3.41. The third-order valence-corrected chi connectivity index (χ3v) is 7.58. The van der Waals surface area contributed by atoms with Crippen molar-refractivity contribution in [2.24, 2.45) is 0 Å². The first kappa shape index (κ1) is 18.9. The second kappa shape index (κ2) is 7.37. The van der Waals surface area contributed by atoms with Crippen molar-refractivity contribution in [2.75, 3.05) is 37.9 Å². The molecule has 2 aliphatic heterocycles. The van der Waals surface area contributed by atoms with E-state index in [2.05, 4.69) is 4.90 Å². The predicted molar refractivity (Wildman–Crippen MR) is 119 cm³/mol. The summed E-state index contributed by atoms with van der Waals surface area (Å²) in [5, 5.41) is 1.25. The SMILES string of the molecule is Cc1nc(N2CCN(C(=O)c3ccc4c(c3)OCO4)CC2)c2c3c(sc2n1)CCCC3. The van der Waals surface area contributed by atoms with Crippen molar-refractivity contribution in [3.05, 3.63) is 40.0 Å². The summed E-state index contributed by atoms with van der Waals surface area (Å²) in [6.07, 6.45) is 4.79. The van der Waals surface area contributed by atoms with Gasteiger partial charge in [0.15, 0.2) is 11.5 Å². The zero-order chi connectivity index (χ0) is 20.9. The fourth-order valence-electron chi connectivity index (χ4n) is 4.80. The van der Waals surface area contributed by atoms with E-state index in [4.69, 9.17) is 19.4 Å². The molecule has 0 bridgehead atoms. The molecule has 0 atom stereocenters. The number of amides is 1. The number of aromatic nitrogens is 2. The molecule has 31 heavy (non-hydrogen) atoms. The van der Waals surface area contributed by atoms with Gasteiger partial charge in [0.2, 0.25) is 6.79 Å². The van der Waals surface area contributed by atoms with Crippen LogP contribution in [0, 0.1) is 6.92 Å². The van der Waals surface area contributed by atoms with E-state index in [1.807, 2.05) is 35.3 Å². The van der Waals surface area contributed by atoms with E-state index in [1.54, 1.807) is 6.07 Å². The maximum atomic E-state index is 13.0. The summed E-state index contributed by atoms with van der Waals surface area (Å²) >= 11 is 1.84. The second-order valence-corrected chi connectivity index (χ2v) is 9.42. The molecule has 1 amide bonds. The van der Waals surface area contributed by atoms with Gasteiger partial charge in [-0.15, -0.1) is 11.3 Å². The lowest BCUT2D eigenvalue weighted by Gasteiger charge is -2.36. The third kappa shape index (κ3) is 3.20. The number of fused-ring (bicyclic) bond motifs is 4. The van der Waals surface area contributed by atoms with E-state index in [0.29, 0.717) is 30.2 Å². The minimum absolute atomic E-state index is 0.0369. The first-order valence-electron chi connectivity index (χ1n) is 10.9. The Bertz CT molecular complexity index is 1180. The van der Waals surface area contributed by atoms with Gasteiger partial charge in [-0.1, -0.05) is 0 Å². The molecule has 160 valence electrons. The monoisotopic (exact) mass is 436 g/mol. The highest BCUT2D eigenvalue weighted by atomic mass is 32.1. The van der Waals surface area contributed by atoms with Gasteiger partial charge in [0.1, 0.15) is 16.5 Å². The van der Waals surface area contributed by atoms with Crippen LogP contribution in [0.1, 0.15) is 39.5 Å². The van der Waals surface area contributed by atoms with Crippen molar-refractivity contribution >= 4 is 33.3 Å². The number of thiophene rings is 1. The number of aryl methyl sites for hydroxylation is 3. The molecule has 1 aliphatic carbocycles. The van der Waals surface area contributed by atoms with Crippen molar-refractivity contribution in [3.8, 4) is 11.5 Å². The molecule has 0 spiro atoms. The Morgan fingerprint density at radius 1 is 1.03 bits per heavy atom. The van der Waals surface area contributed by atoms with E-state index in [0.717, 1.165) is 42.4 Å². The number of carbonyl (C=O) groups excluding carboxylic acids is 1. The Labute approximate surface area is 184 Å². The summed E-state index contributed by atoms with van der Waals surface area (Å²) in [4.78, 5) is 29.5. The third-order valence-electron chi connectivity index (χ3n) is 6.39. The number of rotatable bonds is 2. The van der Waals surface area contributed by atoms with E-state index >= 15 is 0 Å². The van der Waals surface area contributed by atoms with E-state index in [1.165, 1.54) is 28.7 Å². The molecular formula is C23H24N4O3S. The maximum Gasteiger partial charge on any atom is 0.254 e. The Hall–Kier alpha value is -2.87. The van der Waals surface area contributed by atoms with Crippen LogP contribution in [-0.4, -0.2) is 53.7 Å². The Kier molecular flexibility index (Phi) is 4.49. The quantitative estimate of drug-likeness (QED) is 0.612. The van der Waals surface area contributed by atoms with Gasteiger partial charge in [-0.25, -0.2) is 9.97 Å². The summed E-state index contributed by atoms with van der Waals surface area (Å²) in [6.45, 7) is 5.07. The summed E-state index contributed by atoms with van der Waals surface area (Å²) in [7, 11) is 0. The van der Waals surface area contributed by atoms with Crippen LogP contribution in [0.15, 0.2) is 18.2 Å². The van der Waals surface area contributed by atoms with Gasteiger partial charge in [-0.2, -0.15) is 0 Å². The highest BCUT2D eigenvalue weighted by molar-refractivity contribution is 7.19. The number of ether oxygens (including phenoxy) is 2. The number of nitrogens with zero attached hydrogens (tertiary/aromatic N) is 4. The zero-order valence-electron chi connectivity index (χ0n) is 17.5. The highest BCUT2D eigenvalue weighted by Gasteiger charge is 2.28. The normalized spacial score (nSPS) is 17.8. The molecule has 1 aromatic carbocycles. The molecule has 4 heterocycles. The Morgan fingerprint density at radius 2 is 1.84 bits per heavy atom. The van der Waals surface area contributed by atoms with E-state index in [-0.39, 0.29) is 12.7 Å². The van der Waals surface area contributed by atoms with Crippen molar-refractivity contribution in [2.45, 2.75) is 32.6 Å². The largest absolute Gasteiger partial charge is 0.454 e. The molecule has 0 saturated carbocycles. The van der Waals surface area contributed by atoms with Crippen molar-refractivity contribution in [3.63, 3.8) is 0 Å². The van der Waals surface area contributed by atoms with Crippen molar-refractivity contribution in [1.29, 1.82) is 0 Å². The fourth-order valence-corrected chi connectivity index (χ4v) is 6.11. The number of benzene rings is 1. The lowest BCUT2D eigenvalue weighted by atomic mass is 9.97. The van der Waals surface area contributed by atoms with Crippen LogP contribution in [0.3, 0.4) is 0 Å². The minimum Gasteiger partial charge on any atom is -0.454 e. The standard InChI is InChI=1S/C23H24N4O3S/c1-14-24-21(20-16-4-2-3-5-19(16)31-22(20)25-14)26-8-10-27(11-9-26)23(28)15-6-7-17-18(12-15)30-13-29-17/h6-7,12H,2-5,8-11,13H2,1H3. The molecule has 0 radical (unpaired) electrons. The molecular weight excluding hydrogens is 412 g/mol. The van der Waals surface area contributed by atoms with Gasteiger partial charge >= 0.3 is 0 Å². The van der Waals surface area contributed by atoms with E-state index < -0.39 is 0 Å². The van der Waals surface area contributed by atoms with Crippen LogP contribution in [0.25, 0.3) is 10.2 Å². The van der Waals surface area contributed by atoms with Gasteiger partial charge in [0.05, 0.1) is 5.39 Å². The van der Waals surface area contributed by atoms with Gasteiger partial charge in [0.25, 0.3) is 5.91 Å². The summed E-state index contributed by atoms with van der Waals surface area (Å²) in [5.74, 6) is 3.25.